The SMILES string of the molecule is CCc1ccc2c(c1)C(C1=C[C@H](C)N(C)CC1)=Nc1ccccc1N2. The largest absolute Gasteiger partial charge is 0.353 e. The third-order valence-corrected chi connectivity index (χ3v) is 5.33. The van der Waals surface area contributed by atoms with Gasteiger partial charge in [0.25, 0.3) is 0 Å². The lowest BCUT2D eigenvalue weighted by molar-refractivity contribution is 0.288. The minimum atomic E-state index is 0.440. The van der Waals surface area contributed by atoms with Crippen molar-refractivity contribution in [3.05, 3.63) is 65.2 Å². The van der Waals surface area contributed by atoms with E-state index in [0.29, 0.717) is 6.04 Å². The maximum absolute atomic E-state index is 5.11. The Labute approximate surface area is 150 Å². The lowest BCUT2D eigenvalue weighted by Gasteiger charge is -2.29. The van der Waals surface area contributed by atoms with Gasteiger partial charge in [0.2, 0.25) is 0 Å². The number of fused-ring (bicyclic) bond motifs is 2. The molecule has 0 bridgehead atoms. The summed E-state index contributed by atoms with van der Waals surface area (Å²) in [6.45, 7) is 5.53. The van der Waals surface area contributed by atoms with Gasteiger partial charge in [0.05, 0.1) is 17.1 Å². The van der Waals surface area contributed by atoms with Crippen LogP contribution in [0.3, 0.4) is 0 Å². The van der Waals surface area contributed by atoms with Crippen LogP contribution in [0.4, 0.5) is 17.1 Å². The number of benzene rings is 2. The summed E-state index contributed by atoms with van der Waals surface area (Å²) in [6, 6.07) is 15.5. The third-order valence-electron chi connectivity index (χ3n) is 5.33. The number of aryl methyl sites for hydroxylation is 1. The van der Waals surface area contributed by atoms with Gasteiger partial charge in [-0.05, 0) is 62.2 Å². The van der Waals surface area contributed by atoms with Gasteiger partial charge >= 0.3 is 0 Å². The van der Waals surface area contributed by atoms with E-state index < -0.39 is 0 Å². The zero-order valence-corrected chi connectivity index (χ0v) is 15.2. The summed E-state index contributed by atoms with van der Waals surface area (Å²) < 4.78 is 0. The Morgan fingerprint density at radius 2 is 2.00 bits per heavy atom. The van der Waals surface area contributed by atoms with E-state index >= 15 is 0 Å². The lowest BCUT2D eigenvalue weighted by atomic mass is 9.92. The van der Waals surface area contributed by atoms with Crippen LogP contribution in [0.1, 0.15) is 31.4 Å². The van der Waals surface area contributed by atoms with E-state index in [1.807, 2.05) is 0 Å². The highest BCUT2D eigenvalue weighted by Crippen LogP contribution is 2.37. The molecule has 3 nitrogen and oxygen atoms in total. The smallest absolute Gasteiger partial charge is 0.0872 e. The number of nitrogens with one attached hydrogen (secondary N) is 1. The van der Waals surface area contributed by atoms with Crippen molar-refractivity contribution in [1.29, 1.82) is 0 Å². The Bertz CT molecular complexity index is 863. The molecular formula is C22H25N3. The summed E-state index contributed by atoms with van der Waals surface area (Å²) in [5.74, 6) is 0. The molecule has 2 aromatic carbocycles. The van der Waals surface area contributed by atoms with Crippen molar-refractivity contribution in [2.75, 3.05) is 18.9 Å². The van der Waals surface area contributed by atoms with E-state index in [1.165, 1.54) is 16.7 Å². The summed E-state index contributed by atoms with van der Waals surface area (Å²) in [7, 11) is 2.19. The van der Waals surface area contributed by atoms with Gasteiger partial charge in [0.15, 0.2) is 0 Å². The second-order valence-electron chi connectivity index (χ2n) is 7.00. The number of hydrogen-bond acceptors (Lipinski definition) is 3. The fraction of sp³-hybridized carbons (Fsp3) is 0.318. The molecule has 0 spiro atoms. The van der Waals surface area contributed by atoms with Gasteiger partial charge in [-0.3, -0.25) is 4.90 Å². The summed E-state index contributed by atoms with van der Waals surface area (Å²) in [6.07, 6.45) is 4.45. The van der Waals surface area contributed by atoms with Crippen LogP contribution in [0.15, 0.2) is 59.1 Å². The van der Waals surface area contributed by atoms with Gasteiger partial charge < -0.3 is 5.32 Å². The van der Waals surface area contributed by atoms with E-state index in [0.717, 1.165) is 42.2 Å². The fourth-order valence-electron chi connectivity index (χ4n) is 3.56. The van der Waals surface area contributed by atoms with Crippen LogP contribution >= 0.6 is 0 Å². The second-order valence-corrected chi connectivity index (χ2v) is 7.00. The van der Waals surface area contributed by atoms with E-state index in [1.54, 1.807) is 0 Å². The van der Waals surface area contributed by atoms with Crippen molar-refractivity contribution in [3.63, 3.8) is 0 Å². The molecule has 0 fully saturated rings. The predicted octanol–water partition coefficient (Wildman–Crippen LogP) is 5.08. The molecule has 1 atom stereocenters. The van der Waals surface area contributed by atoms with E-state index in [-0.39, 0.29) is 0 Å². The highest BCUT2D eigenvalue weighted by atomic mass is 15.1. The minimum Gasteiger partial charge on any atom is -0.353 e. The minimum absolute atomic E-state index is 0.440. The molecule has 2 aliphatic heterocycles. The molecule has 128 valence electrons. The van der Waals surface area contributed by atoms with Crippen molar-refractivity contribution in [2.45, 2.75) is 32.7 Å². The third kappa shape index (κ3) is 3.00. The van der Waals surface area contributed by atoms with Crippen molar-refractivity contribution >= 4 is 22.8 Å². The Hall–Kier alpha value is -2.39. The predicted molar refractivity (Wildman–Crippen MR) is 107 cm³/mol. The first-order valence-corrected chi connectivity index (χ1v) is 9.15. The van der Waals surface area contributed by atoms with Crippen molar-refractivity contribution in [1.82, 2.24) is 4.90 Å². The van der Waals surface area contributed by atoms with Crippen LogP contribution in [0.5, 0.6) is 0 Å². The highest BCUT2D eigenvalue weighted by molar-refractivity contribution is 6.18. The Balaban J connectivity index is 1.91. The Morgan fingerprint density at radius 1 is 1.16 bits per heavy atom. The monoisotopic (exact) mass is 331 g/mol. The molecule has 0 aliphatic carbocycles. The van der Waals surface area contributed by atoms with Crippen LogP contribution in [0.2, 0.25) is 0 Å². The molecule has 25 heavy (non-hydrogen) atoms. The number of hydrogen-bond donors (Lipinski definition) is 1. The average Bonchev–Trinajstić information content (AvgIpc) is 2.80. The average molecular weight is 331 g/mol. The topological polar surface area (TPSA) is 27.6 Å². The summed E-state index contributed by atoms with van der Waals surface area (Å²) >= 11 is 0. The highest BCUT2D eigenvalue weighted by Gasteiger charge is 2.23. The van der Waals surface area contributed by atoms with E-state index in [4.69, 9.17) is 4.99 Å². The number of likely N-dealkylation sites (N-methyl/N-ethyl adjacent to an activating group) is 1. The van der Waals surface area contributed by atoms with Crippen LogP contribution in [0.25, 0.3) is 0 Å². The van der Waals surface area contributed by atoms with Crippen molar-refractivity contribution < 1.29 is 0 Å². The van der Waals surface area contributed by atoms with Gasteiger partial charge in [-0.15, -0.1) is 0 Å². The molecular weight excluding hydrogens is 306 g/mol. The molecule has 1 N–H and O–H groups in total. The number of aliphatic imine (C=N–C) groups is 1. The molecule has 0 saturated carbocycles. The molecule has 4 rings (SSSR count). The van der Waals surface area contributed by atoms with Gasteiger partial charge in [-0.25, -0.2) is 4.99 Å². The standard InChI is InChI=1S/C22H25N3/c1-4-16-9-10-19-18(14-16)22(17-11-12-25(3)15(2)13-17)24-21-8-6-5-7-20(21)23-19/h5-10,13-15,23H,4,11-12H2,1-3H3/t15-/m0/s1. The maximum Gasteiger partial charge on any atom is 0.0872 e. The van der Waals surface area contributed by atoms with Gasteiger partial charge in [0.1, 0.15) is 0 Å². The molecule has 3 heteroatoms. The van der Waals surface area contributed by atoms with Gasteiger partial charge in [-0.2, -0.15) is 0 Å². The normalized spacial score (nSPS) is 19.9. The Morgan fingerprint density at radius 3 is 2.80 bits per heavy atom. The molecule has 2 aromatic rings. The maximum atomic E-state index is 5.11. The van der Waals surface area contributed by atoms with E-state index in [2.05, 4.69) is 79.7 Å². The zero-order valence-electron chi connectivity index (χ0n) is 15.2. The van der Waals surface area contributed by atoms with Crippen molar-refractivity contribution in [2.24, 2.45) is 4.99 Å². The lowest BCUT2D eigenvalue weighted by Crippen LogP contribution is -2.33. The fourth-order valence-corrected chi connectivity index (χ4v) is 3.56. The molecule has 0 unspecified atom stereocenters. The summed E-state index contributed by atoms with van der Waals surface area (Å²) in [5, 5.41) is 3.59. The van der Waals surface area contributed by atoms with Crippen LogP contribution < -0.4 is 5.32 Å². The summed E-state index contributed by atoms with van der Waals surface area (Å²) in [5.41, 5.74) is 8.29. The quantitative estimate of drug-likeness (QED) is 0.831. The number of nitrogens with zero attached hydrogens (tertiary/aromatic N) is 2. The first-order valence-electron chi connectivity index (χ1n) is 9.15. The second kappa shape index (κ2) is 6.49. The molecule has 0 saturated heterocycles. The molecule has 2 heterocycles. The van der Waals surface area contributed by atoms with Crippen molar-refractivity contribution in [3.8, 4) is 0 Å². The van der Waals surface area contributed by atoms with Gasteiger partial charge in [0, 0.05) is 23.8 Å². The first-order chi connectivity index (χ1) is 12.2. The summed E-state index contributed by atoms with van der Waals surface area (Å²) in [4.78, 5) is 7.49. The number of para-hydroxylation sites is 2. The zero-order chi connectivity index (χ0) is 17.4. The van der Waals surface area contributed by atoms with Crippen LogP contribution in [-0.2, 0) is 6.42 Å². The van der Waals surface area contributed by atoms with E-state index in [9.17, 15) is 0 Å². The number of anilines is 2. The molecule has 2 aliphatic rings. The molecule has 0 aromatic heterocycles. The van der Waals surface area contributed by atoms with Gasteiger partial charge in [-0.1, -0.05) is 31.2 Å². The molecule has 0 radical (unpaired) electrons. The van der Waals surface area contributed by atoms with Crippen LogP contribution in [0, 0.1) is 0 Å². The first kappa shape index (κ1) is 16.1. The Kier molecular flexibility index (Phi) is 4.18. The molecule has 0 amide bonds. The van der Waals surface area contributed by atoms with Crippen LogP contribution in [-0.4, -0.2) is 30.2 Å². The number of rotatable bonds is 2.